The van der Waals surface area contributed by atoms with Crippen LogP contribution in [-0.2, 0) is 21.2 Å². The lowest BCUT2D eigenvalue weighted by molar-refractivity contribution is -0.111. The molecule has 2 aliphatic carbocycles. The smallest absolute Gasteiger partial charge is 0.232 e. The summed E-state index contributed by atoms with van der Waals surface area (Å²) in [4.78, 5) is 12.7. The van der Waals surface area contributed by atoms with E-state index in [1.165, 1.54) is 44.3 Å². The first kappa shape index (κ1) is 25.2. The molecule has 1 heterocycles. The molecule has 180 valence electrons. The second-order valence-electron chi connectivity index (χ2n) is 9.84. The predicted molar refractivity (Wildman–Crippen MR) is 131 cm³/mol. The lowest BCUT2D eigenvalue weighted by Gasteiger charge is -2.26. The van der Waals surface area contributed by atoms with Gasteiger partial charge in [0.15, 0.2) is 0 Å². The molecule has 1 saturated heterocycles. The first-order valence-corrected chi connectivity index (χ1v) is 14.1. The fourth-order valence-electron chi connectivity index (χ4n) is 4.73. The molecule has 0 unspecified atom stereocenters. The number of hydrogen-bond acceptors (Lipinski definition) is 5. The minimum atomic E-state index is -3.21. The van der Waals surface area contributed by atoms with E-state index in [0.29, 0.717) is 23.6 Å². The molecule has 32 heavy (non-hydrogen) atoms. The van der Waals surface area contributed by atoms with Crippen LogP contribution in [-0.4, -0.2) is 51.0 Å². The summed E-state index contributed by atoms with van der Waals surface area (Å²) in [5, 5.41) is 0. The summed E-state index contributed by atoms with van der Waals surface area (Å²) in [6.07, 6.45) is 13.4. The van der Waals surface area contributed by atoms with Gasteiger partial charge in [0, 0.05) is 24.2 Å². The Morgan fingerprint density at radius 1 is 1.00 bits per heavy atom. The number of nitrogens with zero attached hydrogens (tertiary/aromatic N) is 1. The molecule has 4 rings (SSSR count). The van der Waals surface area contributed by atoms with Crippen molar-refractivity contribution >= 4 is 22.0 Å². The average Bonchev–Trinajstić information content (AvgIpc) is 2.77. The topological polar surface area (TPSA) is 92.5 Å². The summed E-state index contributed by atoms with van der Waals surface area (Å²) in [6.45, 7) is 3.47. The van der Waals surface area contributed by atoms with Gasteiger partial charge in [0.25, 0.3) is 0 Å². The zero-order chi connectivity index (χ0) is 22.8. The van der Waals surface area contributed by atoms with E-state index in [1.807, 2.05) is 18.2 Å². The number of piperidine rings is 1. The van der Waals surface area contributed by atoms with Crippen LogP contribution < -0.4 is 10.5 Å². The molecule has 2 saturated carbocycles. The van der Waals surface area contributed by atoms with Crippen LogP contribution in [0, 0.1) is 11.8 Å². The molecule has 3 N–H and O–H groups in total. The molecule has 1 aromatic rings. The molecule has 0 aromatic heterocycles. The van der Waals surface area contributed by atoms with Crippen molar-refractivity contribution < 1.29 is 13.2 Å². The van der Waals surface area contributed by atoms with Crippen LogP contribution >= 0.6 is 0 Å². The molecule has 7 heteroatoms. The van der Waals surface area contributed by atoms with Gasteiger partial charge in [-0.2, -0.15) is 0 Å². The van der Waals surface area contributed by atoms with Crippen molar-refractivity contribution in [1.82, 2.24) is 4.90 Å². The van der Waals surface area contributed by atoms with E-state index in [-0.39, 0.29) is 5.75 Å². The Morgan fingerprint density at radius 3 is 2.34 bits per heavy atom. The number of nitrogens with one attached hydrogen (secondary N) is 1. The lowest BCUT2D eigenvalue weighted by Crippen LogP contribution is -2.31. The van der Waals surface area contributed by atoms with Crippen LogP contribution in [0.3, 0.4) is 0 Å². The number of aldehydes is 1. The summed E-state index contributed by atoms with van der Waals surface area (Å²) < 4.78 is 27.2. The van der Waals surface area contributed by atoms with Gasteiger partial charge >= 0.3 is 0 Å². The summed E-state index contributed by atoms with van der Waals surface area (Å²) in [5.41, 5.74) is 7.55. The fraction of sp³-hybridized carbons (Fsp3) is 0.720. The Balaban J connectivity index is 0.000000269. The fourth-order valence-corrected chi connectivity index (χ4v) is 6.26. The molecular weight excluding hydrogens is 422 g/mol. The number of carbonyl (C=O) groups is 1. The summed E-state index contributed by atoms with van der Waals surface area (Å²) >= 11 is 0. The minimum absolute atomic E-state index is 0.269. The predicted octanol–water partition coefficient (Wildman–Crippen LogP) is 3.96. The number of benzene rings is 1. The molecule has 3 aliphatic rings. The first-order chi connectivity index (χ1) is 15.4. The van der Waals surface area contributed by atoms with Crippen molar-refractivity contribution in [3.63, 3.8) is 0 Å². The maximum Gasteiger partial charge on any atom is 0.232 e. The number of hydrogen-bond donors (Lipinski definition) is 2. The normalized spacial score (nSPS) is 24.7. The van der Waals surface area contributed by atoms with E-state index >= 15 is 0 Å². The third kappa shape index (κ3) is 8.83. The second kappa shape index (κ2) is 12.7. The van der Waals surface area contributed by atoms with Crippen LogP contribution in [0.15, 0.2) is 24.3 Å². The Kier molecular flexibility index (Phi) is 10.0. The monoisotopic (exact) mass is 463 g/mol. The van der Waals surface area contributed by atoms with Gasteiger partial charge < -0.3 is 15.4 Å². The van der Waals surface area contributed by atoms with E-state index in [2.05, 4.69) is 15.7 Å². The number of nitrogens with two attached hydrogens (primary N) is 1. The van der Waals surface area contributed by atoms with Crippen LogP contribution in [0.1, 0.15) is 69.8 Å². The Labute approximate surface area is 194 Å². The SMILES string of the molecule is NC1CCC(C=O)CC1.O=S(=O)(CC1CCC1)Nc1cccc(CCN2CCCCC2)c1. The number of anilines is 1. The average molecular weight is 464 g/mol. The standard InChI is InChI=1S/C18H28N2O2S.C7H13NO/c21-23(22,15-17-7-4-8-17)19-18-9-5-6-16(14-18)10-13-20-11-2-1-3-12-20;8-7-3-1-6(5-9)2-4-7/h5-6,9,14,17,19H,1-4,7-8,10-13,15H2;5-7H,1-4,8H2. The van der Waals surface area contributed by atoms with E-state index in [0.717, 1.165) is 57.8 Å². The van der Waals surface area contributed by atoms with Gasteiger partial charge in [0.1, 0.15) is 6.29 Å². The highest BCUT2D eigenvalue weighted by atomic mass is 32.2. The van der Waals surface area contributed by atoms with Crippen molar-refractivity contribution in [2.75, 3.05) is 30.1 Å². The minimum Gasteiger partial charge on any atom is -0.328 e. The van der Waals surface area contributed by atoms with Crippen LogP contribution in [0.4, 0.5) is 5.69 Å². The third-order valence-electron chi connectivity index (χ3n) is 7.05. The van der Waals surface area contributed by atoms with Gasteiger partial charge in [-0.3, -0.25) is 4.72 Å². The Morgan fingerprint density at radius 2 is 1.72 bits per heavy atom. The van der Waals surface area contributed by atoms with Crippen molar-refractivity contribution in [3.05, 3.63) is 29.8 Å². The molecule has 0 bridgehead atoms. The molecule has 0 radical (unpaired) electrons. The summed E-state index contributed by atoms with van der Waals surface area (Å²) in [7, 11) is -3.21. The number of carbonyl (C=O) groups excluding carboxylic acids is 1. The molecule has 0 atom stereocenters. The molecule has 1 aliphatic heterocycles. The van der Waals surface area contributed by atoms with E-state index in [1.54, 1.807) is 0 Å². The zero-order valence-electron chi connectivity index (χ0n) is 19.4. The van der Waals surface area contributed by atoms with Crippen LogP contribution in [0.25, 0.3) is 0 Å². The van der Waals surface area contributed by atoms with Gasteiger partial charge in [0.2, 0.25) is 10.0 Å². The Bertz CT molecular complexity index is 796. The molecule has 0 spiro atoms. The number of sulfonamides is 1. The zero-order valence-corrected chi connectivity index (χ0v) is 20.2. The second-order valence-corrected chi connectivity index (χ2v) is 11.6. The van der Waals surface area contributed by atoms with Crippen molar-refractivity contribution in [3.8, 4) is 0 Å². The van der Waals surface area contributed by atoms with Gasteiger partial charge in [-0.1, -0.05) is 25.0 Å². The van der Waals surface area contributed by atoms with E-state index in [4.69, 9.17) is 5.73 Å². The highest BCUT2D eigenvalue weighted by Gasteiger charge is 2.24. The third-order valence-corrected chi connectivity index (χ3v) is 8.51. The van der Waals surface area contributed by atoms with E-state index in [9.17, 15) is 13.2 Å². The van der Waals surface area contributed by atoms with Gasteiger partial charge in [-0.25, -0.2) is 8.42 Å². The molecule has 0 amide bonds. The molecule has 1 aromatic carbocycles. The van der Waals surface area contributed by atoms with Gasteiger partial charge in [-0.15, -0.1) is 0 Å². The summed E-state index contributed by atoms with van der Waals surface area (Å²) in [5.74, 6) is 0.935. The van der Waals surface area contributed by atoms with Crippen LogP contribution in [0.2, 0.25) is 0 Å². The van der Waals surface area contributed by atoms with Crippen molar-refractivity contribution in [2.45, 2.75) is 76.7 Å². The largest absolute Gasteiger partial charge is 0.328 e. The first-order valence-electron chi connectivity index (χ1n) is 12.5. The van der Waals surface area contributed by atoms with Crippen molar-refractivity contribution in [2.24, 2.45) is 17.6 Å². The maximum absolute atomic E-state index is 12.2. The lowest BCUT2D eigenvalue weighted by atomic mass is 9.87. The highest BCUT2D eigenvalue weighted by Crippen LogP contribution is 2.28. The molecular formula is C25H41N3O3S. The maximum atomic E-state index is 12.2. The molecule has 6 nitrogen and oxygen atoms in total. The highest BCUT2D eigenvalue weighted by molar-refractivity contribution is 7.92. The quantitative estimate of drug-likeness (QED) is 0.569. The molecule has 3 fully saturated rings. The van der Waals surface area contributed by atoms with E-state index < -0.39 is 10.0 Å². The Hall–Kier alpha value is -1.44. The number of rotatable bonds is 8. The van der Waals surface area contributed by atoms with Gasteiger partial charge in [0.05, 0.1) is 5.75 Å². The van der Waals surface area contributed by atoms with Crippen molar-refractivity contribution in [1.29, 1.82) is 0 Å². The van der Waals surface area contributed by atoms with Crippen LogP contribution in [0.5, 0.6) is 0 Å². The van der Waals surface area contributed by atoms with Gasteiger partial charge in [-0.05, 0) is 94.5 Å². The number of likely N-dealkylation sites (tertiary alicyclic amines) is 1. The summed E-state index contributed by atoms with van der Waals surface area (Å²) in [6, 6.07) is 8.24.